The molecule has 0 bridgehead atoms. The van der Waals surface area contributed by atoms with E-state index in [2.05, 4.69) is 5.32 Å². The van der Waals surface area contributed by atoms with Crippen LogP contribution in [0, 0.1) is 0 Å². The second kappa shape index (κ2) is 6.61. The standard InChI is InChI=1S/C12H16N2O2/c13-11(15)9-12(16)14-8-4-7-10-5-2-1-3-6-10/h1-3,5-6H,4,7-9H2,(H2,13,15)(H,14,16). The fraction of sp³-hybridized carbons (Fsp3) is 0.333. The summed E-state index contributed by atoms with van der Waals surface area (Å²) < 4.78 is 0. The maximum absolute atomic E-state index is 11.1. The summed E-state index contributed by atoms with van der Waals surface area (Å²) in [6.07, 6.45) is 1.54. The number of benzene rings is 1. The van der Waals surface area contributed by atoms with E-state index in [1.807, 2.05) is 30.3 Å². The first-order chi connectivity index (χ1) is 7.68. The van der Waals surface area contributed by atoms with Crippen molar-refractivity contribution in [1.82, 2.24) is 5.32 Å². The van der Waals surface area contributed by atoms with Crippen molar-refractivity contribution in [3.8, 4) is 0 Å². The second-order valence-corrected chi connectivity index (χ2v) is 3.58. The average molecular weight is 220 g/mol. The summed E-state index contributed by atoms with van der Waals surface area (Å²) in [5.41, 5.74) is 6.13. The molecule has 0 aliphatic heterocycles. The quantitative estimate of drug-likeness (QED) is 0.544. The van der Waals surface area contributed by atoms with Gasteiger partial charge in [0, 0.05) is 6.54 Å². The minimum atomic E-state index is -0.597. The molecular weight excluding hydrogens is 204 g/mol. The van der Waals surface area contributed by atoms with Crippen LogP contribution in [0.1, 0.15) is 18.4 Å². The summed E-state index contributed by atoms with van der Waals surface area (Å²) in [5.74, 6) is -0.902. The van der Waals surface area contributed by atoms with E-state index < -0.39 is 5.91 Å². The number of rotatable bonds is 6. The van der Waals surface area contributed by atoms with E-state index in [0.29, 0.717) is 6.54 Å². The van der Waals surface area contributed by atoms with Crippen molar-refractivity contribution in [2.75, 3.05) is 6.54 Å². The number of amides is 2. The topological polar surface area (TPSA) is 72.2 Å². The molecule has 0 fully saturated rings. The zero-order valence-electron chi connectivity index (χ0n) is 9.11. The Balaban J connectivity index is 2.13. The third-order valence-electron chi connectivity index (χ3n) is 2.14. The zero-order chi connectivity index (χ0) is 11.8. The minimum absolute atomic E-state index is 0.231. The van der Waals surface area contributed by atoms with E-state index in [4.69, 9.17) is 5.73 Å². The van der Waals surface area contributed by atoms with E-state index in [1.54, 1.807) is 0 Å². The number of primary amides is 1. The summed E-state index contributed by atoms with van der Waals surface area (Å²) in [5, 5.41) is 2.64. The molecule has 1 aromatic rings. The predicted molar refractivity (Wildman–Crippen MR) is 61.6 cm³/mol. The van der Waals surface area contributed by atoms with Gasteiger partial charge in [-0.1, -0.05) is 30.3 Å². The lowest BCUT2D eigenvalue weighted by molar-refractivity contribution is -0.127. The SMILES string of the molecule is NC(=O)CC(=O)NCCCc1ccccc1. The van der Waals surface area contributed by atoms with Crippen molar-refractivity contribution in [1.29, 1.82) is 0 Å². The van der Waals surface area contributed by atoms with Gasteiger partial charge in [-0.2, -0.15) is 0 Å². The Labute approximate surface area is 94.8 Å². The van der Waals surface area contributed by atoms with Crippen LogP contribution in [0.5, 0.6) is 0 Å². The number of hydrogen-bond donors (Lipinski definition) is 2. The van der Waals surface area contributed by atoms with Crippen LogP contribution in [-0.2, 0) is 16.0 Å². The molecule has 16 heavy (non-hydrogen) atoms. The van der Waals surface area contributed by atoms with Gasteiger partial charge in [0.05, 0.1) is 0 Å². The average Bonchev–Trinajstić information content (AvgIpc) is 2.25. The second-order valence-electron chi connectivity index (χ2n) is 3.58. The molecule has 4 heteroatoms. The van der Waals surface area contributed by atoms with Gasteiger partial charge in [-0.3, -0.25) is 9.59 Å². The number of aryl methyl sites for hydroxylation is 1. The van der Waals surface area contributed by atoms with Crippen LogP contribution >= 0.6 is 0 Å². The molecule has 2 amide bonds. The van der Waals surface area contributed by atoms with Crippen LogP contribution in [0.4, 0.5) is 0 Å². The zero-order valence-corrected chi connectivity index (χ0v) is 9.11. The van der Waals surface area contributed by atoms with Crippen molar-refractivity contribution in [3.05, 3.63) is 35.9 Å². The Morgan fingerprint density at radius 2 is 1.88 bits per heavy atom. The van der Waals surface area contributed by atoms with Gasteiger partial charge in [-0.05, 0) is 18.4 Å². The van der Waals surface area contributed by atoms with Crippen molar-refractivity contribution in [3.63, 3.8) is 0 Å². The lowest BCUT2D eigenvalue weighted by Gasteiger charge is -2.03. The lowest BCUT2D eigenvalue weighted by atomic mass is 10.1. The number of nitrogens with one attached hydrogen (secondary N) is 1. The normalized spacial score (nSPS) is 9.75. The fourth-order valence-electron chi connectivity index (χ4n) is 1.39. The van der Waals surface area contributed by atoms with Gasteiger partial charge in [0.1, 0.15) is 6.42 Å². The summed E-state index contributed by atoms with van der Waals surface area (Å²) in [6, 6.07) is 10.0. The maximum atomic E-state index is 11.1. The maximum Gasteiger partial charge on any atom is 0.229 e. The highest BCUT2D eigenvalue weighted by Crippen LogP contribution is 2.01. The molecule has 0 aliphatic carbocycles. The highest BCUT2D eigenvalue weighted by Gasteiger charge is 2.03. The smallest absolute Gasteiger partial charge is 0.229 e. The molecule has 0 saturated heterocycles. The number of hydrogen-bond acceptors (Lipinski definition) is 2. The van der Waals surface area contributed by atoms with Crippen molar-refractivity contribution in [2.45, 2.75) is 19.3 Å². The molecule has 0 aromatic heterocycles. The number of carbonyl (C=O) groups excluding carboxylic acids is 2. The first-order valence-corrected chi connectivity index (χ1v) is 5.27. The Kier molecular flexibility index (Phi) is 5.05. The van der Waals surface area contributed by atoms with Crippen molar-refractivity contribution in [2.24, 2.45) is 5.73 Å². The largest absolute Gasteiger partial charge is 0.369 e. The molecule has 86 valence electrons. The molecule has 0 radical (unpaired) electrons. The Morgan fingerprint density at radius 1 is 1.19 bits per heavy atom. The van der Waals surface area contributed by atoms with Gasteiger partial charge in [0.25, 0.3) is 0 Å². The van der Waals surface area contributed by atoms with Crippen LogP contribution < -0.4 is 11.1 Å². The van der Waals surface area contributed by atoms with Crippen LogP contribution in [0.15, 0.2) is 30.3 Å². The molecule has 1 aromatic carbocycles. The molecular formula is C12H16N2O2. The van der Waals surface area contributed by atoms with Gasteiger partial charge in [0.2, 0.25) is 11.8 Å². The fourth-order valence-corrected chi connectivity index (χ4v) is 1.39. The van der Waals surface area contributed by atoms with E-state index in [1.165, 1.54) is 5.56 Å². The summed E-state index contributed by atoms with van der Waals surface area (Å²) in [6.45, 7) is 0.570. The Bertz CT molecular complexity index is 349. The molecule has 1 rings (SSSR count). The first-order valence-electron chi connectivity index (χ1n) is 5.27. The molecule has 4 nitrogen and oxygen atoms in total. The molecule has 0 aliphatic rings. The highest BCUT2D eigenvalue weighted by atomic mass is 16.2. The van der Waals surface area contributed by atoms with Gasteiger partial charge in [-0.15, -0.1) is 0 Å². The number of carbonyl (C=O) groups is 2. The van der Waals surface area contributed by atoms with Gasteiger partial charge < -0.3 is 11.1 Å². The summed E-state index contributed by atoms with van der Waals surface area (Å²) in [7, 11) is 0. The summed E-state index contributed by atoms with van der Waals surface area (Å²) in [4.78, 5) is 21.5. The van der Waals surface area contributed by atoms with Crippen LogP contribution in [0.3, 0.4) is 0 Å². The third-order valence-corrected chi connectivity index (χ3v) is 2.14. The van der Waals surface area contributed by atoms with Crippen molar-refractivity contribution >= 4 is 11.8 Å². The Hall–Kier alpha value is -1.84. The summed E-state index contributed by atoms with van der Waals surface area (Å²) >= 11 is 0. The highest BCUT2D eigenvalue weighted by molar-refractivity contribution is 5.95. The molecule has 0 atom stereocenters. The molecule has 0 saturated carbocycles. The first kappa shape index (κ1) is 12.2. The predicted octanol–water partition coefficient (Wildman–Crippen LogP) is 0.611. The molecule has 0 unspecified atom stereocenters. The van der Waals surface area contributed by atoms with Gasteiger partial charge in [-0.25, -0.2) is 0 Å². The van der Waals surface area contributed by atoms with E-state index in [-0.39, 0.29) is 12.3 Å². The Morgan fingerprint density at radius 3 is 2.50 bits per heavy atom. The van der Waals surface area contributed by atoms with E-state index >= 15 is 0 Å². The van der Waals surface area contributed by atoms with Gasteiger partial charge in [0.15, 0.2) is 0 Å². The minimum Gasteiger partial charge on any atom is -0.369 e. The van der Waals surface area contributed by atoms with Crippen molar-refractivity contribution < 1.29 is 9.59 Å². The van der Waals surface area contributed by atoms with Gasteiger partial charge >= 0.3 is 0 Å². The third kappa shape index (κ3) is 5.14. The lowest BCUT2D eigenvalue weighted by Crippen LogP contribution is -2.29. The van der Waals surface area contributed by atoms with Crippen LogP contribution in [0.2, 0.25) is 0 Å². The molecule has 0 spiro atoms. The molecule has 3 N–H and O–H groups in total. The van der Waals surface area contributed by atoms with E-state index in [0.717, 1.165) is 12.8 Å². The van der Waals surface area contributed by atoms with Crippen LogP contribution in [0.25, 0.3) is 0 Å². The van der Waals surface area contributed by atoms with E-state index in [9.17, 15) is 9.59 Å². The van der Waals surface area contributed by atoms with Crippen LogP contribution in [-0.4, -0.2) is 18.4 Å². The molecule has 0 heterocycles. The monoisotopic (exact) mass is 220 g/mol. The number of nitrogens with two attached hydrogens (primary N) is 1.